The van der Waals surface area contributed by atoms with Gasteiger partial charge < -0.3 is 15.5 Å². The Hall–Kier alpha value is -2.97. The zero-order chi connectivity index (χ0) is 22.4. The number of benzene rings is 2. The molecule has 3 rings (SSSR count). The summed E-state index contributed by atoms with van der Waals surface area (Å²) in [5.41, 5.74) is 1.66. The van der Waals surface area contributed by atoms with Crippen molar-refractivity contribution in [2.24, 2.45) is 0 Å². The Bertz CT molecular complexity index is 1060. The first kappa shape index (κ1) is 22.7. The van der Waals surface area contributed by atoms with Crippen LogP contribution < -0.4 is 10.6 Å². The van der Waals surface area contributed by atoms with Crippen molar-refractivity contribution in [1.29, 1.82) is 0 Å². The highest BCUT2D eigenvalue weighted by Gasteiger charge is 2.20. The number of carbonyl (C=O) groups excluding carboxylic acids is 2. The smallest absolute Gasteiger partial charge is 0.322 e. The summed E-state index contributed by atoms with van der Waals surface area (Å²) in [6, 6.07) is 12.5. The molecule has 1 aromatic heterocycles. The summed E-state index contributed by atoms with van der Waals surface area (Å²) in [7, 11) is 0. The normalized spacial score (nSPS) is 10.7. The maximum Gasteiger partial charge on any atom is 0.322 e. The Morgan fingerprint density at radius 2 is 1.94 bits per heavy atom. The van der Waals surface area contributed by atoms with Gasteiger partial charge in [-0.1, -0.05) is 29.8 Å². The third-order valence-electron chi connectivity index (χ3n) is 4.42. The van der Waals surface area contributed by atoms with E-state index in [-0.39, 0.29) is 42.6 Å². The lowest BCUT2D eigenvalue weighted by molar-refractivity contribution is 0.0946. The molecule has 2 N–H and O–H groups in total. The predicted octanol–water partition coefficient (Wildman–Crippen LogP) is 5.31. The zero-order valence-electron chi connectivity index (χ0n) is 17.1. The van der Waals surface area contributed by atoms with Gasteiger partial charge in [0.05, 0.1) is 6.54 Å². The summed E-state index contributed by atoms with van der Waals surface area (Å²) in [6.45, 7) is 4.34. The number of halogens is 2. The molecule has 3 amide bonds. The number of rotatable bonds is 7. The van der Waals surface area contributed by atoms with Crippen molar-refractivity contribution < 1.29 is 14.0 Å². The van der Waals surface area contributed by atoms with Gasteiger partial charge in [0, 0.05) is 28.7 Å². The molecule has 0 fully saturated rings. The number of carbonyl (C=O) groups is 2. The molecule has 6 nitrogen and oxygen atoms in total. The topological polar surface area (TPSA) is 74.3 Å². The van der Waals surface area contributed by atoms with Crippen LogP contribution in [0.1, 0.15) is 34.9 Å². The van der Waals surface area contributed by atoms with Gasteiger partial charge in [-0.05, 0) is 49.7 Å². The van der Waals surface area contributed by atoms with Gasteiger partial charge in [0.15, 0.2) is 0 Å². The van der Waals surface area contributed by atoms with Crippen LogP contribution in [-0.2, 0) is 13.1 Å². The Morgan fingerprint density at radius 1 is 1.19 bits per heavy atom. The molecule has 0 aliphatic heterocycles. The second-order valence-electron chi connectivity index (χ2n) is 7.10. The summed E-state index contributed by atoms with van der Waals surface area (Å²) >= 11 is 7.29. The number of nitrogens with one attached hydrogen (secondary N) is 2. The molecule has 0 aliphatic carbocycles. The molecule has 2 aromatic carbocycles. The maximum absolute atomic E-state index is 13.0. The first-order valence-electron chi connectivity index (χ1n) is 9.62. The molecule has 3 aromatic rings. The van der Waals surface area contributed by atoms with Crippen molar-refractivity contribution in [2.45, 2.75) is 33.0 Å². The molecule has 162 valence electrons. The van der Waals surface area contributed by atoms with E-state index < -0.39 is 0 Å². The van der Waals surface area contributed by atoms with Gasteiger partial charge in [-0.25, -0.2) is 14.2 Å². The van der Waals surface area contributed by atoms with Gasteiger partial charge in [0.2, 0.25) is 0 Å². The van der Waals surface area contributed by atoms with E-state index in [0.717, 1.165) is 5.56 Å². The van der Waals surface area contributed by atoms with E-state index in [0.29, 0.717) is 15.7 Å². The number of urea groups is 1. The third-order valence-corrected chi connectivity index (χ3v) is 5.49. The average Bonchev–Trinajstić information content (AvgIpc) is 3.20. The van der Waals surface area contributed by atoms with E-state index in [1.165, 1.54) is 23.5 Å². The molecule has 0 unspecified atom stereocenters. The second kappa shape index (κ2) is 10.4. The lowest BCUT2D eigenvalue weighted by atomic mass is 10.2. The van der Waals surface area contributed by atoms with Crippen LogP contribution in [0.15, 0.2) is 53.9 Å². The first-order valence-corrected chi connectivity index (χ1v) is 10.9. The number of amides is 3. The van der Waals surface area contributed by atoms with Crippen molar-refractivity contribution in [3.05, 3.63) is 81.0 Å². The van der Waals surface area contributed by atoms with Gasteiger partial charge in [0.1, 0.15) is 16.5 Å². The van der Waals surface area contributed by atoms with Gasteiger partial charge >= 0.3 is 6.03 Å². The van der Waals surface area contributed by atoms with Crippen molar-refractivity contribution in [3.8, 4) is 0 Å². The summed E-state index contributed by atoms with van der Waals surface area (Å²) < 4.78 is 13.0. The Balaban J connectivity index is 1.60. The molecule has 31 heavy (non-hydrogen) atoms. The highest BCUT2D eigenvalue weighted by atomic mass is 35.5. The lowest BCUT2D eigenvalue weighted by Crippen LogP contribution is -2.39. The fraction of sp³-hybridized carbons (Fsp3) is 0.227. The van der Waals surface area contributed by atoms with Crippen LogP contribution >= 0.6 is 22.9 Å². The minimum atomic E-state index is -0.327. The Labute approximate surface area is 189 Å². The van der Waals surface area contributed by atoms with Crippen LogP contribution in [0, 0.1) is 5.82 Å². The fourth-order valence-corrected chi connectivity index (χ4v) is 3.72. The van der Waals surface area contributed by atoms with Crippen molar-refractivity contribution in [3.63, 3.8) is 0 Å². The molecule has 1 heterocycles. The number of aromatic nitrogens is 1. The number of hydrogen-bond acceptors (Lipinski definition) is 4. The molecule has 0 aliphatic rings. The molecular formula is C22H22ClFN4O2S. The van der Waals surface area contributed by atoms with Gasteiger partial charge in [0.25, 0.3) is 5.91 Å². The molecule has 0 saturated carbocycles. The minimum absolute atomic E-state index is 0.0844. The largest absolute Gasteiger partial charge is 0.347 e. The molecule has 0 atom stereocenters. The lowest BCUT2D eigenvalue weighted by Gasteiger charge is -2.26. The zero-order valence-corrected chi connectivity index (χ0v) is 18.6. The van der Waals surface area contributed by atoms with Gasteiger partial charge in [-0.2, -0.15) is 0 Å². The minimum Gasteiger partial charge on any atom is -0.347 e. The third kappa shape index (κ3) is 6.50. The monoisotopic (exact) mass is 460 g/mol. The van der Waals surface area contributed by atoms with Crippen LogP contribution in [-0.4, -0.2) is 27.9 Å². The Kier molecular flexibility index (Phi) is 7.59. The van der Waals surface area contributed by atoms with Crippen LogP contribution in [0.25, 0.3) is 0 Å². The van der Waals surface area contributed by atoms with Crippen molar-refractivity contribution in [1.82, 2.24) is 15.2 Å². The molecule has 9 heteroatoms. The molecule has 0 radical (unpaired) electrons. The van der Waals surface area contributed by atoms with Crippen LogP contribution in [0.3, 0.4) is 0 Å². The standard InChI is InChI=1S/C22H22ClFN4O2S/c1-14(2)28(22(30)26-18-5-3-4-16(23)10-18)12-20-27-19(13-31-20)21(29)25-11-15-6-8-17(24)9-7-15/h3-10,13-14H,11-12H2,1-2H3,(H,25,29)(H,26,30). The highest BCUT2D eigenvalue weighted by Crippen LogP contribution is 2.18. The number of hydrogen-bond donors (Lipinski definition) is 2. The molecule has 0 spiro atoms. The summed E-state index contributed by atoms with van der Waals surface area (Å²) in [5, 5.41) is 8.42. The quantitative estimate of drug-likeness (QED) is 0.502. The summed E-state index contributed by atoms with van der Waals surface area (Å²) in [4.78, 5) is 31.1. The summed E-state index contributed by atoms with van der Waals surface area (Å²) in [6.07, 6.45) is 0. The van der Waals surface area contributed by atoms with E-state index in [4.69, 9.17) is 11.6 Å². The van der Waals surface area contributed by atoms with E-state index >= 15 is 0 Å². The van der Waals surface area contributed by atoms with Crippen LogP contribution in [0.2, 0.25) is 5.02 Å². The van der Waals surface area contributed by atoms with E-state index in [2.05, 4.69) is 15.6 Å². The highest BCUT2D eigenvalue weighted by molar-refractivity contribution is 7.09. The Morgan fingerprint density at radius 3 is 2.61 bits per heavy atom. The van der Waals surface area contributed by atoms with E-state index in [9.17, 15) is 14.0 Å². The van der Waals surface area contributed by atoms with Gasteiger partial charge in [-0.3, -0.25) is 4.79 Å². The molecule has 0 bridgehead atoms. The summed E-state index contributed by atoms with van der Waals surface area (Å²) in [5.74, 6) is -0.653. The average molecular weight is 461 g/mol. The second-order valence-corrected chi connectivity index (χ2v) is 8.48. The van der Waals surface area contributed by atoms with Crippen molar-refractivity contribution >= 4 is 40.6 Å². The number of thiazole rings is 1. The van der Waals surface area contributed by atoms with Gasteiger partial charge in [-0.15, -0.1) is 11.3 Å². The number of anilines is 1. The first-order chi connectivity index (χ1) is 14.8. The van der Waals surface area contributed by atoms with E-state index in [1.807, 2.05) is 13.8 Å². The van der Waals surface area contributed by atoms with E-state index in [1.54, 1.807) is 46.7 Å². The number of nitrogens with zero attached hydrogens (tertiary/aromatic N) is 2. The maximum atomic E-state index is 13.0. The molecular weight excluding hydrogens is 439 g/mol. The van der Waals surface area contributed by atoms with Crippen molar-refractivity contribution in [2.75, 3.05) is 5.32 Å². The van der Waals surface area contributed by atoms with Crippen LogP contribution in [0.5, 0.6) is 0 Å². The predicted molar refractivity (Wildman–Crippen MR) is 121 cm³/mol. The van der Waals surface area contributed by atoms with Crippen LogP contribution in [0.4, 0.5) is 14.9 Å². The fourth-order valence-electron chi connectivity index (χ4n) is 2.76. The SMILES string of the molecule is CC(C)N(Cc1nc(C(=O)NCc2ccc(F)cc2)cs1)C(=O)Nc1cccc(Cl)c1. The molecule has 0 saturated heterocycles.